The summed E-state index contributed by atoms with van der Waals surface area (Å²) < 4.78 is 1.42. The van der Waals surface area contributed by atoms with Crippen LogP contribution < -0.4 is 0 Å². The number of rotatable bonds is 4. The number of hydrogen-bond acceptors (Lipinski definition) is 3. The van der Waals surface area contributed by atoms with Crippen molar-refractivity contribution in [2.75, 3.05) is 0 Å². The molecule has 0 saturated carbocycles. The highest BCUT2D eigenvalue weighted by Crippen LogP contribution is 2.44. The van der Waals surface area contributed by atoms with Crippen LogP contribution in [0.2, 0.25) is 0 Å². The highest BCUT2D eigenvalue weighted by Gasteiger charge is 2.21. The Morgan fingerprint density at radius 2 is 1.66 bits per heavy atom. The summed E-state index contributed by atoms with van der Waals surface area (Å²) >= 11 is 3.69. The van der Waals surface area contributed by atoms with Crippen LogP contribution in [0.5, 0.6) is 0 Å². The number of nitrogens with zero attached hydrogens (tertiary/aromatic N) is 1. The minimum Gasteiger partial charge on any atom is -0.237 e. The quantitative estimate of drug-likeness (QED) is 0.220. The Labute approximate surface area is 234 Å². The maximum Gasteiger partial charge on any atom is 0.125 e. The second-order valence-electron chi connectivity index (χ2n) is 12.0. The van der Waals surface area contributed by atoms with Crippen molar-refractivity contribution < 1.29 is 0 Å². The van der Waals surface area contributed by atoms with Crippen LogP contribution >= 0.6 is 22.7 Å². The molecule has 0 N–H and O–H groups in total. The van der Waals surface area contributed by atoms with Crippen molar-refractivity contribution in [3.8, 4) is 22.4 Å². The molecule has 38 heavy (non-hydrogen) atoms. The zero-order valence-corrected chi connectivity index (χ0v) is 25.0. The summed E-state index contributed by atoms with van der Waals surface area (Å²) in [5.41, 5.74) is 9.08. The van der Waals surface area contributed by atoms with Gasteiger partial charge in [0.1, 0.15) is 4.83 Å². The molecule has 1 nitrogen and oxygen atoms in total. The molecule has 0 fully saturated rings. The average molecular weight is 534 g/mol. The van der Waals surface area contributed by atoms with E-state index in [1.807, 2.05) is 22.7 Å². The monoisotopic (exact) mass is 533 g/mol. The lowest BCUT2D eigenvalue weighted by Gasteiger charge is -2.23. The van der Waals surface area contributed by atoms with Crippen molar-refractivity contribution in [2.45, 2.75) is 60.3 Å². The highest BCUT2D eigenvalue weighted by molar-refractivity contribution is 7.19. The number of aryl methyl sites for hydroxylation is 2. The predicted molar refractivity (Wildman–Crippen MR) is 170 cm³/mol. The maximum absolute atomic E-state index is 5.29. The first-order chi connectivity index (χ1) is 18.1. The first kappa shape index (κ1) is 25.3. The molecule has 3 heterocycles. The average Bonchev–Trinajstić information content (AvgIpc) is 3.47. The zero-order valence-electron chi connectivity index (χ0n) is 23.4. The van der Waals surface area contributed by atoms with Gasteiger partial charge in [0.05, 0.1) is 5.69 Å². The fourth-order valence-corrected chi connectivity index (χ4v) is 7.75. The molecular formula is C35H35NS2. The molecule has 0 atom stereocenters. The van der Waals surface area contributed by atoms with Crippen molar-refractivity contribution in [1.29, 1.82) is 0 Å². The Morgan fingerprint density at radius 3 is 2.42 bits per heavy atom. The summed E-state index contributed by atoms with van der Waals surface area (Å²) in [4.78, 5) is 7.77. The van der Waals surface area contributed by atoms with Gasteiger partial charge in [-0.1, -0.05) is 71.0 Å². The molecule has 3 heteroatoms. The Morgan fingerprint density at radius 1 is 0.868 bits per heavy atom. The molecule has 0 unspecified atom stereocenters. The minimum absolute atomic E-state index is 0.0355. The van der Waals surface area contributed by atoms with Gasteiger partial charge in [-0.15, -0.1) is 22.7 Å². The van der Waals surface area contributed by atoms with Crippen LogP contribution in [-0.4, -0.2) is 4.98 Å². The lowest BCUT2D eigenvalue weighted by molar-refractivity contribution is 0.596. The van der Waals surface area contributed by atoms with E-state index in [1.165, 1.54) is 64.5 Å². The molecule has 3 aromatic heterocycles. The molecule has 3 aromatic carbocycles. The summed E-state index contributed by atoms with van der Waals surface area (Å²) in [5, 5.41) is 7.52. The Balaban J connectivity index is 1.65. The number of aromatic nitrogens is 1. The van der Waals surface area contributed by atoms with Crippen molar-refractivity contribution >= 4 is 53.7 Å². The molecule has 0 amide bonds. The molecule has 0 radical (unpaired) electrons. The van der Waals surface area contributed by atoms with E-state index in [-0.39, 0.29) is 5.41 Å². The SMILES string of the molecule is Cc1sc2nc(-c3cc(C(C)(C)C)c4ccccc4c3)cc(-c3ccc(CC(C)C)c4sccc34)c2c1C. The number of hydrogen-bond donors (Lipinski definition) is 0. The molecular weight excluding hydrogens is 499 g/mol. The van der Waals surface area contributed by atoms with Gasteiger partial charge in [-0.05, 0) is 99.8 Å². The first-order valence-electron chi connectivity index (χ1n) is 13.6. The third kappa shape index (κ3) is 4.26. The fourth-order valence-electron chi connectivity index (χ4n) is 5.75. The van der Waals surface area contributed by atoms with Crippen molar-refractivity contribution in [3.63, 3.8) is 0 Å². The van der Waals surface area contributed by atoms with Crippen molar-refractivity contribution in [1.82, 2.24) is 4.98 Å². The van der Waals surface area contributed by atoms with E-state index in [1.54, 1.807) is 0 Å². The molecule has 0 aliphatic rings. The van der Waals surface area contributed by atoms with Crippen LogP contribution in [0.3, 0.4) is 0 Å². The van der Waals surface area contributed by atoms with Crippen LogP contribution in [0.1, 0.15) is 56.2 Å². The minimum atomic E-state index is 0.0355. The Kier molecular flexibility index (Phi) is 6.20. The second-order valence-corrected chi connectivity index (χ2v) is 14.2. The third-order valence-corrected chi connectivity index (χ3v) is 9.81. The third-order valence-electron chi connectivity index (χ3n) is 7.72. The van der Waals surface area contributed by atoms with Crippen LogP contribution in [0.15, 0.2) is 66.0 Å². The van der Waals surface area contributed by atoms with Gasteiger partial charge in [-0.25, -0.2) is 4.98 Å². The normalized spacial score (nSPS) is 12.4. The number of benzene rings is 3. The van der Waals surface area contributed by atoms with Gasteiger partial charge in [0.2, 0.25) is 0 Å². The maximum atomic E-state index is 5.29. The van der Waals surface area contributed by atoms with Gasteiger partial charge in [0, 0.05) is 25.9 Å². The van der Waals surface area contributed by atoms with E-state index >= 15 is 0 Å². The van der Waals surface area contributed by atoms with Crippen LogP contribution in [0.25, 0.3) is 53.5 Å². The molecule has 0 spiro atoms. The van der Waals surface area contributed by atoms with Gasteiger partial charge in [-0.3, -0.25) is 0 Å². The summed E-state index contributed by atoms with van der Waals surface area (Å²) in [7, 11) is 0. The largest absolute Gasteiger partial charge is 0.237 e. The highest BCUT2D eigenvalue weighted by atomic mass is 32.1. The molecule has 0 aliphatic carbocycles. The topological polar surface area (TPSA) is 12.9 Å². The number of thiophene rings is 2. The van der Waals surface area contributed by atoms with Crippen LogP contribution in [0, 0.1) is 19.8 Å². The zero-order chi connectivity index (χ0) is 26.8. The van der Waals surface area contributed by atoms with Gasteiger partial charge in [0.25, 0.3) is 0 Å². The molecule has 0 saturated heterocycles. The molecule has 6 aromatic rings. The lowest BCUT2D eigenvalue weighted by atomic mass is 9.82. The number of pyridine rings is 1. The first-order valence-corrected chi connectivity index (χ1v) is 15.3. The number of fused-ring (bicyclic) bond motifs is 3. The van der Waals surface area contributed by atoms with E-state index in [0.717, 1.165) is 16.9 Å². The van der Waals surface area contributed by atoms with Gasteiger partial charge in [0.15, 0.2) is 0 Å². The van der Waals surface area contributed by atoms with E-state index in [0.29, 0.717) is 5.92 Å². The summed E-state index contributed by atoms with van der Waals surface area (Å²) in [5.74, 6) is 0.636. The molecule has 192 valence electrons. The van der Waals surface area contributed by atoms with E-state index in [9.17, 15) is 0 Å². The van der Waals surface area contributed by atoms with E-state index in [2.05, 4.69) is 115 Å². The van der Waals surface area contributed by atoms with E-state index < -0.39 is 0 Å². The summed E-state index contributed by atoms with van der Waals surface area (Å²) in [6, 6.07) is 22.8. The lowest BCUT2D eigenvalue weighted by Crippen LogP contribution is -2.12. The molecule has 0 bridgehead atoms. The van der Waals surface area contributed by atoms with Crippen molar-refractivity contribution in [3.05, 3.63) is 87.6 Å². The van der Waals surface area contributed by atoms with E-state index in [4.69, 9.17) is 4.98 Å². The van der Waals surface area contributed by atoms with Gasteiger partial charge < -0.3 is 0 Å². The Bertz CT molecular complexity index is 1820. The van der Waals surface area contributed by atoms with Gasteiger partial charge in [-0.2, -0.15) is 0 Å². The second kappa shape index (κ2) is 9.32. The molecule has 6 rings (SSSR count). The predicted octanol–water partition coefficient (Wildman–Crippen LogP) is 11.1. The summed E-state index contributed by atoms with van der Waals surface area (Å²) in [6.45, 7) is 16.0. The smallest absolute Gasteiger partial charge is 0.125 e. The van der Waals surface area contributed by atoms with Crippen LogP contribution in [0.4, 0.5) is 0 Å². The molecule has 0 aliphatic heterocycles. The standard InChI is InChI=1S/C35H35NS2/c1-20(2)16-24-12-13-27(28-14-15-37-33(24)28)29-19-31(36-34-32(29)21(3)22(4)38-34)25-17-23-10-8-9-11-26(23)30(18-25)35(5,6)7/h8-15,17-20H,16H2,1-7H3. The van der Waals surface area contributed by atoms with Crippen molar-refractivity contribution in [2.24, 2.45) is 5.92 Å². The van der Waals surface area contributed by atoms with Crippen LogP contribution in [-0.2, 0) is 11.8 Å². The summed E-state index contributed by atoms with van der Waals surface area (Å²) in [6.07, 6.45) is 1.11. The fraction of sp³-hybridized carbons (Fsp3) is 0.286. The Hall–Kier alpha value is -3.01. The van der Waals surface area contributed by atoms with Gasteiger partial charge >= 0.3 is 0 Å².